The van der Waals surface area contributed by atoms with Crippen LogP contribution in [-0.4, -0.2) is 16.3 Å². The Kier molecular flexibility index (Phi) is 2.56. The molecule has 2 heteroatoms. The molecule has 0 heterocycles. The maximum absolute atomic E-state index is 10.3. The van der Waals surface area contributed by atoms with Crippen molar-refractivity contribution in [2.45, 2.75) is 51.0 Å². The molecule has 1 unspecified atom stereocenters. The highest BCUT2D eigenvalue weighted by Gasteiger charge is 2.51. The molecule has 0 saturated heterocycles. The minimum absolute atomic E-state index is 0.0940. The summed E-state index contributed by atoms with van der Waals surface area (Å²) in [5, 5.41) is 20.0. The van der Waals surface area contributed by atoms with E-state index in [1.807, 2.05) is 12.1 Å². The molecule has 0 bridgehead atoms. The number of benzene rings is 1. The van der Waals surface area contributed by atoms with Crippen molar-refractivity contribution in [1.29, 1.82) is 0 Å². The molecule has 4 rings (SSSR count). The van der Waals surface area contributed by atoms with E-state index in [2.05, 4.69) is 19.1 Å². The van der Waals surface area contributed by atoms with Gasteiger partial charge in [0.1, 0.15) is 5.75 Å². The van der Waals surface area contributed by atoms with Crippen molar-refractivity contribution in [3.8, 4) is 5.75 Å². The number of hydrogen-bond donors (Lipinski definition) is 2. The smallest absolute Gasteiger partial charge is 0.115 e. The Labute approximate surface area is 120 Å². The van der Waals surface area contributed by atoms with Crippen molar-refractivity contribution >= 4 is 0 Å². The predicted molar refractivity (Wildman–Crippen MR) is 78.7 cm³/mol. The Bertz CT molecular complexity index is 589. The SMILES string of the molecule is C[C@]12CC[C@H]3C(=CCc4cc(O)ccc43)[C@@H]1CCC2O. The number of phenols is 1. The number of rotatable bonds is 0. The van der Waals surface area contributed by atoms with Crippen LogP contribution in [-0.2, 0) is 6.42 Å². The zero-order valence-electron chi connectivity index (χ0n) is 12.0. The van der Waals surface area contributed by atoms with Gasteiger partial charge in [0.15, 0.2) is 0 Å². The highest BCUT2D eigenvalue weighted by atomic mass is 16.3. The van der Waals surface area contributed by atoms with Crippen LogP contribution in [0.2, 0.25) is 0 Å². The average molecular weight is 270 g/mol. The van der Waals surface area contributed by atoms with Crippen LogP contribution >= 0.6 is 0 Å². The number of aromatic hydroxyl groups is 1. The molecular weight excluding hydrogens is 248 g/mol. The molecular formula is C18H22O2. The summed E-state index contributed by atoms with van der Waals surface area (Å²) in [5.74, 6) is 1.44. The van der Waals surface area contributed by atoms with Crippen LogP contribution in [0.15, 0.2) is 29.8 Å². The van der Waals surface area contributed by atoms with Gasteiger partial charge in [0.25, 0.3) is 0 Å². The molecule has 3 aliphatic carbocycles. The van der Waals surface area contributed by atoms with Gasteiger partial charge < -0.3 is 10.2 Å². The molecule has 2 saturated carbocycles. The van der Waals surface area contributed by atoms with E-state index >= 15 is 0 Å². The Balaban J connectivity index is 1.76. The van der Waals surface area contributed by atoms with Gasteiger partial charge >= 0.3 is 0 Å². The molecule has 1 aromatic carbocycles. The minimum atomic E-state index is -0.129. The maximum Gasteiger partial charge on any atom is 0.115 e. The van der Waals surface area contributed by atoms with Crippen LogP contribution in [0.1, 0.15) is 49.7 Å². The number of allylic oxidation sites excluding steroid dienone is 2. The summed E-state index contributed by atoms with van der Waals surface area (Å²) in [4.78, 5) is 0. The Morgan fingerprint density at radius 3 is 2.90 bits per heavy atom. The van der Waals surface area contributed by atoms with Gasteiger partial charge in [-0.05, 0) is 61.3 Å². The number of hydrogen-bond acceptors (Lipinski definition) is 2. The molecule has 2 nitrogen and oxygen atoms in total. The Hall–Kier alpha value is -1.28. The minimum Gasteiger partial charge on any atom is -0.508 e. The fraction of sp³-hybridized carbons (Fsp3) is 0.556. The summed E-state index contributed by atoms with van der Waals surface area (Å²) >= 11 is 0. The summed E-state index contributed by atoms with van der Waals surface area (Å²) in [6.45, 7) is 2.28. The second kappa shape index (κ2) is 4.11. The van der Waals surface area contributed by atoms with Crippen molar-refractivity contribution in [2.75, 3.05) is 0 Å². The van der Waals surface area contributed by atoms with Gasteiger partial charge in [-0.1, -0.05) is 24.6 Å². The van der Waals surface area contributed by atoms with E-state index in [9.17, 15) is 10.2 Å². The molecule has 106 valence electrons. The molecule has 0 aromatic heterocycles. The van der Waals surface area contributed by atoms with Crippen LogP contribution in [0.25, 0.3) is 0 Å². The molecule has 1 aromatic rings. The fourth-order valence-electron chi connectivity index (χ4n) is 4.93. The summed E-state index contributed by atoms with van der Waals surface area (Å²) < 4.78 is 0. The molecule has 3 aliphatic rings. The zero-order chi connectivity index (χ0) is 13.9. The second-order valence-corrected chi connectivity index (χ2v) is 7.03. The van der Waals surface area contributed by atoms with Crippen molar-refractivity contribution in [3.63, 3.8) is 0 Å². The third-order valence-electron chi connectivity index (χ3n) is 6.12. The van der Waals surface area contributed by atoms with Gasteiger partial charge in [0.2, 0.25) is 0 Å². The van der Waals surface area contributed by atoms with Crippen molar-refractivity contribution in [3.05, 3.63) is 41.0 Å². The van der Waals surface area contributed by atoms with Gasteiger partial charge in [0, 0.05) is 11.3 Å². The monoisotopic (exact) mass is 270 g/mol. The lowest BCUT2D eigenvalue weighted by Gasteiger charge is -2.46. The number of aliphatic hydroxyl groups excluding tert-OH is 1. The quantitative estimate of drug-likeness (QED) is 0.708. The first kappa shape index (κ1) is 12.5. The molecule has 4 atom stereocenters. The predicted octanol–water partition coefficient (Wildman–Crippen LogP) is 3.53. The summed E-state index contributed by atoms with van der Waals surface area (Å²) in [6, 6.07) is 5.84. The van der Waals surface area contributed by atoms with Gasteiger partial charge in [-0.3, -0.25) is 0 Å². The molecule has 0 radical (unpaired) electrons. The lowest BCUT2D eigenvalue weighted by Crippen LogP contribution is -2.39. The summed E-state index contributed by atoms with van der Waals surface area (Å²) in [7, 11) is 0. The standard InChI is InChI=1S/C18H22O2/c1-18-9-8-14-13-5-3-12(19)10-11(13)2-4-15(14)16(18)6-7-17(18)20/h3-5,10,14,16-17,19-20H,2,6-9H2,1H3/t14-,16+,17?,18+/m1/s1. The molecule has 2 fully saturated rings. The molecule has 0 aliphatic heterocycles. The first-order chi connectivity index (χ1) is 9.59. The first-order valence-electron chi connectivity index (χ1n) is 7.79. The summed E-state index contributed by atoms with van der Waals surface area (Å²) in [6.07, 6.45) is 7.51. The van der Waals surface area contributed by atoms with Crippen LogP contribution in [0.4, 0.5) is 0 Å². The maximum atomic E-state index is 10.3. The fourth-order valence-corrected chi connectivity index (χ4v) is 4.93. The Morgan fingerprint density at radius 2 is 2.05 bits per heavy atom. The molecule has 20 heavy (non-hydrogen) atoms. The third kappa shape index (κ3) is 1.54. The zero-order valence-corrected chi connectivity index (χ0v) is 12.0. The van der Waals surface area contributed by atoms with Gasteiger partial charge in [-0.15, -0.1) is 0 Å². The van der Waals surface area contributed by atoms with Gasteiger partial charge in [-0.25, -0.2) is 0 Å². The normalized spacial score (nSPS) is 38.7. The van der Waals surface area contributed by atoms with Crippen LogP contribution in [0, 0.1) is 11.3 Å². The van der Waals surface area contributed by atoms with E-state index in [1.54, 1.807) is 5.57 Å². The van der Waals surface area contributed by atoms with Crippen LogP contribution in [0.3, 0.4) is 0 Å². The second-order valence-electron chi connectivity index (χ2n) is 7.03. The first-order valence-corrected chi connectivity index (χ1v) is 7.79. The van der Waals surface area contributed by atoms with Crippen LogP contribution in [0.5, 0.6) is 5.75 Å². The van der Waals surface area contributed by atoms with Gasteiger partial charge in [0.05, 0.1) is 6.10 Å². The van der Waals surface area contributed by atoms with Crippen molar-refractivity contribution in [2.24, 2.45) is 11.3 Å². The van der Waals surface area contributed by atoms with Crippen molar-refractivity contribution in [1.82, 2.24) is 0 Å². The average Bonchev–Trinajstić information content (AvgIpc) is 2.74. The number of aliphatic hydroxyl groups is 1. The van der Waals surface area contributed by atoms with E-state index in [-0.39, 0.29) is 11.5 Å². The highest BCUT2D eigenvalue weighted by molar-refractivity contribution is 5.47. The topological polar surface area (TPSA) is 40.5 Å². The van der Waals surface area contributed by atoms with Crippen molar-refractivity contribution < 1.29 is 10.2 Å². The lowest BCUT2D eigenvalue weighted by molar-refractivity contribution is 0.0267. The van der Waals surface area contributed by atoms with Crippen LogP contribution < -0.4 is 0 Å². The Morgan fingerprint density at radius 1 is 1.20 bits per heavy atom. The molecule has 0 spiro atoms. The van der Waals surface area contributed by atoms with E-state index in [1.165, 1.54) is 11.1 Å². The molecule has 0 amide bonds. The summed E-state index contributed by atoms with van der Waals surface area (Å²) in [5.41, 5.74) is 4.34. The van der Waals surface area contributed by atoms with E-state index in [0.717, 1.165) is 32.1 Å². The lowest BCUT2D eigenvalue weighted by atomic mass is 9.59. The highest BCUT2D eigenvalue weighted by Crippen LogP contribution is 2.59. The van der Waals surface area contributed by atoms with Gasteiger partial charge in [-0.2, -0.15) is 0 Å². The van der Waals surface area contributed by atoms with E-state index in [0.29, 0.717) is 17.6 Å². The van der Waals surface area contributed by atoms with E-state index in [4.69, 9.17) is 0 Å². The van der Waals surface area contributed by atoms with E-state index < -0.39 is 0 Å². The molecule has 2 N–H and O–H groups in total. The largest absolute Gasteiger partial charge is 0.508 e. The number of fused-ring (bicyclic) bond motifs is 5. The number of phenolic OH excluding ortho intramolecular Hbond substituents is 1. The third-order valence-corrected chi connectivity index (χ3v) is 6.12.